The van der Waals surface area contributed by atoms with Crippen molar-refractivity contribution in [1.29, 1.82) is 0 Å². The Morgan fingerprint density at radius 3 is 2.69 bits per heavy atom. The first-order chi connectivity index (χ1) is 6.20. The molecule has 2 atom stereocenters. The fourth-order valence-electron chi connectivity index (χ4n) is 1.81. The van der Waals surface area contributed by atoms with Gasteiger partial charge >= 0.3 is 6.03 Å². The van der Waals surface area contributed by atoms with Gasteiger partial charge in [-0.3, -0.25) is 10.1 Å². The van der Waals surface area contributed by atoms with Crippen LogP contribution >= 0.6 is 0 Å². The lowest BCUT2D eigenvalue weighted by Crippen LogP contribution is -2.46. The number of amides is 3. The molecule has 72 valence electrons. The van der Waals surface area contributed by atoms with Crippen molar-refractivity contribution in [2.24, 2.45) is 0 Å². The lowest BCUT2D eigenvalue weighted by Gasteiger charge is -2.20. The van der Waals surface area contributed by atoms with Crippen LogP contribution < -0.4 is 10.6 Å². The molecular formula is C8H13N3O2. The predicted molar refractivity (Wildman–Crippen MR) is 45.9 cm³/mol. The number of carbonyl (C=O) groups excluding carboxylic acids is 2. The molecule has 2 N–H and O–H groups in total. The molecule has 2 heterocycles. The quantitative estimate of drug-likeness (QED) is 0.545. The van der Waals surface area contributed by atoms with E-state index in [0.717, 1.165) is 19.4 Å². The van der Waals surface area contributed by atoms with Crippen LogP contribution in [0.2, 0.25) is 0 Å². The molecule has 2 aliphatic heterocycles. The molecule has 2 rings (SSSR count). The first-order valence-corrected chi connectivity index (χ1v) is 4.57. The van der Waals surface area contributed by atoms with Gasteiger partial charge in [0.1, 0.15) is 6.04 Å². The van der Waals surface area contributed by atoms with E-state index in [1.807, 2.05) is 0 Å². The van der Waals surface area contributed by atoms with E-state index in [0.29, 0.717) is 0 Å². The minimum atomic E-state index is -0.366. The lowest BCUT2D eigenvalue weighted by atomic mass is 10.3. The lowest BCUT2D eigenvalue weighted by molar-refractivity contribution is -0.128. The monoisotopic (exact) mass is 183 g/mol. The molecule has 0 radical (unpaired) electrons. The van der Waals surface area contributed by atoms with Crippen molar-refractivity contribution in [3.05, 3.63) is 0 Å². The van der Waals surface area contributed by atoms with Crippen molar-refractivity contribution in [1.82, 2.24) is 15.5 Å². The Labute approximate surface area is 76.5 Å². The van der Waals surface area contributed by atoms with Crippen LogP contribution in [0.3, 0.4) is 0 Å². The summed E-state index contributed by atoms with van der Waals surface area (Å²) >= 11 is 0. The van der Waals surface area contributed by atoms with Gasteiger partial charge in [0.2, 0.25) is 0 Å². The van der Waals surface area contributed by atoms with Crippen LogP contribution in [0.5, 0.6) is 0 Å². The Morgan fingerprint density at radius 1 is 1.46 bits per heavy atom. The topological polar surface area (TPSA) is 61.4 Å². The van der Waals surface area contributed by atoms with Gasteiger partial charge in [0.05, 0.1) is 6.17 Å². The maximum atomic E-state index is 11.5. The molecule has 3 amide bonds. The zero-order chi connectivity index (χ0) is 9.42. The zero-order valence-corrected chi connectivity index (χ0v) is 7.54. The molecule has 0 aromatic heterocycles. The summed E-state index contributed by atoms with van der Waals surface area (Å²) in [6, 6.07) is -0.633. The molecule has 2 aliphatic rings. The minimum absolute atomic E-state index is 0.0857. The first kappa shape index (κ1) is 8.50. The van der Waals surface area contributed by atoms with Crippen molar-refractivity contribution in [3.8, 4) is 0 Å². The fraction of sp³-hybridized carbons (Fsp3) is 0.750. The minimum Gasteiger partial charge on any atom is -0.326 e. The Kier molecular flexibility index (Phi) is 1.95. The summed E-state index contributed by atoms with van der Waals surface area (Å²) < 4.78 is 0. The van der Waals surface area contributed by atoms with Crippen LogP contribution in [0.4, 0.5) is 4.79 Å². The van der Waals surface area contributed by atoms with E-state index < -0.39 is 0 Å². The average molecular weight is 183 g/mol. The van der Waals surface area contributed by atoms with Crippen LogP contribution in [0.15, 0.2) is 0 Å². The molecule has 2 fully saturated rings. The molecule has 2 unspecified atom stereocenters. The second-order valence-corrected chi connectivity index (χ2v) is 3.49. The Bertz CT molecular complexity index is 248. The average Bonchev–Trinajstić information content (AvgIpc) is 2.63. The smallest absolute Gasteiger partial charge is 0.326 e. The largest absolute Gasteiger partial charge is 0.326 e. The Hall–Kier alpha value is -1.10. The molecule has 5 nitrogen and oxygen atoms in total. The maximum absolute atomic E-state index is 11.5. The second-order valence-electron chi connectivity index (χ2n) is 3.49. The third kappa shape index (κ3) is 1.29. The van der Waals surface area contributed by atoms with Crippen molar-refractivity contribution in [2.75, 3.05) is 6.54 Å². The van der Waals surface area contributed by atoms with E-state index in [4.69, 9.17) is 0 Å². The number of imide groups is 1. The van der Waals surface area contributed by atoms with E-state index in [-0.39, 0.29) is 24.1 Å². The third-order valence-corrected chi connectivity index (χ3v) is 2.51. The number of hydrogen-bond donors (Lipinski definition) is 2. The van der Waals surface area contributed by atoms with E-state index in [2.05, 4.69) is 10.6 Å². The van der Waals surface area contributed by atoms with Gasteiger partial charge in [0, 0.05) is 0 Å². The first-order valence-electron chi connectivity index (χ1n) is 4.57. The Balaban J connectivity index is 2.13. The van der Waals surface area contributed by atoms with Crippen LogP contribution in [-0.2, 0) is 4.79 Å². The van der Waals surface area contributed by atoms with Gasteiger partial charge in [0.15, 0.2) is 0 Å². The summed E-state index contributed by atoms with van der Waals surface area (Å²) in [4.78, 5) is 24.1. The predicted octanol–water partition coefficient (Wildman–Crippen LogP) is -0.364. The standard InChI is InChI=1S/C8H13N3O2/c1-5-7(12)11(8(13)10-5)6-3-2-4-9-6/h5-6,9H,2-4H2,1H3,(H,10,13). The van der Waals surface area contributed by atoms with Gasteiger partial charge in [-0.1, -0.05) is 0 Å². The summed E-state index contributed by atoms with van der Waals surface area (Å²) in [5.41, 5.74) is 0. The highest BCUT2D eigenvalue weighted by Crippen LogP contribution is 2.15. The van der Waals surface area contributed by atoms with Crippen LogP contribution in [0.25, 0.3) is 0 Å². The zero-order valence-electron chi connectivity index (χ0n) is 7.54. The van der Waals surface area contributed by atoms with E-state index in [1.54, 1.807) is 6.92 Å². The molecule has 0 saturated carbocycles. The normalized spacial score (nSPS) is 34.1. The highest BCUT2D eigenvalue weighted by Gasteiger charge is 2.40. The summed E-state index contributed by atoms with van der Waals surface area (Å²) in [5.74, 6) is -0.121. The number of rotatable bonds is 1. The molecule has 0 aliphatic carbocycles. The molecular weight excluding hydrogens is 170 g/mol. The van der Waals surface area contributed by atoms with Gasteiger partial charge < -0.3 is 5.32 Å². The SMILES string of the molecule is CC1NC(=O)N(C2CCCN2)C1=O. The van der Waals surface area contributed by atoms with E-state index in [1.165, 1.54) is 4.90 Å². The molecule has 0 spiro atoms. The molecule has 5 heteroatoms. The van der Waals surface area contributed by atoms with Gasteiger partial charge in [-0.2, -0.15) is 0 Å². The van der Waals surface area contributed by atoms with Crippen molar-refractivity contribution >= 4 is 11.9 Å². The highest BCUT2D eigenvalue weighted by molar-refractivity contribution is 6.04. The summed E-state index contributed by atoms with van der Waals surface area (Å²) in [6.45, 7) is 2.59. The maximum Gasteiger partial charge on any atom is 0.326 e. The summed E-state index contributed by atoms with van der Waals surface area (Å²) in [5, 5.41) is 5.72. The molecule has 0 bridgehead atoms. The highest BCUT2D eigenvalue weighted by atomic mass is 16.2. The molecule has 13 heavy (non-hydrogen) atoms. The fourth-order valence-corrected chi connectivity index (χ4v) is 1.81. The molecule has 0 aromatic carbocycles. The van der Waals surface area contributed by atoms with Gasteiger partial charge in [-0.05, 0) is 26.3 Å². The van der Waals surface area contributed by atoms with Crippen molar-refractivity contribution in [2.45, 2.75) is 32.0 Å². The number of urea groups is 1. The van der Waals surface area contributed by atoms with Gasteiger partial charge in [0.25, 0.3) is 5.91 Å². The summed E-state index contributed by atoms with van der Waals surface area (Å²) in [7, 11) is 0. The summed E-state index contributed by atoms with van der Waals surface area (Å²) in [6.07, 6.45) is 1.81. The van der Waals surface area contributed by atoms with Gasteiger partial charge in [-0.15, -0.1) is 0 Å². The number of nitrogens with one attached hydrogen (secondary N) is 2. The molecule has 2 saturated heterocycles. The van der Waals surface area contributed by atoms with E-state index in [9.17, 15) is 9.59 Å². The van der Waals surface area contributed by atoms with Crippen molar-refractivity contribution < 1.29 is 9.59 Å². The third-order valence-electron chi connectivity index (χ3n) is 2.51. The Morgan fingerprint density at radius 2 is 2.23 bits per heavy atom. The number of hydrogen-bond acceptors (Lipinski definition) is 3. The van der Waals surface area contributed by atoms with E-state index >= 15 is 0 Å². The van der Waals surface area contributed by atoms with Crippen LogP contribution in [0, 0.1) is 0 Å². The van der Waals surface area contributed by atoms with Gasteiger partial charge in [-0.25, -0.2) is 9.69 Å². The van der Waals surface area contributed by atoms with Crippen molar-refractivity contribution in [3.63, 3.8) is 0 Å². The van der Waals surface area contributed by atoms with Crippen LogP contribution in [0.1, 0.15) is 19.8 Å². The van der Waals surface area contributed by atoms with Crippen LogP contribution in [-0.4, -0.2) is 35.6 Å². The molecule has 0 aromatic rings. The second kappa shape index (κ2) is 2.99. The number of carbonyl (C=O) groups is 2. The number of nitrogens with zero attached hydrogens (tertiary/aromatic N) is 1.